The molecule has 1 N–H and O–H groups in total. The maximum absolute atomic E-state index is 13.2. The molecule has 3 heteroatoms. The van der Waals surface area contributed by atoms with E-state index in [0.717, 1.165) is 18.2 Å². The predicted octanol–water partition coefficient (Wildman–Crippen LogP) is 3.32. The smallest absolute Gasteiger partial charge is 0.141 e. The summed E-state index contributed by atoms with van der Waals surface area (Å²) in [5.74, 6) is 1.70. The van der Waals surface area contributed by atoms with Crippen molar-refractivity contribution in [2.45, 2.75) is 12.8 Å². The number of nitrogens with zero attached hydrogens (tertiary/aromatic N) is 1. The molecule has 0 heterocycles. The molecule has 0 saturated heterocycles. The second-order valence-corrected chi connectivity index (χ2v) is 5.23. The Morgan fingerprint density at radius 2 is 2.22 bits per heavy atom. The third-order valence-corrected chi connectivity index (χ3v) is 4.07. The number of benzene rings is 1. The van der Waals surface area contributed by atoms with E-state index in [2.05, 4.69) is 17.5 Å². The van der Waals surface area contributed by atoms with Gasteiger partial charge in [0.25, 0.3) is 0 Å². The van der Waals surface area contributed by atoms with Crippen molar-refractivity contribution in [1.82, 2.24) is 0 Å². The topological polar surface area (TPSA) is 35.8 Å². The third kappa shape index (κ3) is 1.99. The van der Waals surface area contributed by atoms with E-state index in [-0.39, 0.29) is 5.56 Å². The molecule has 2 bridgehead atoms. The Balaban J connectivity index is 1.64. The van der Waals surface area contributed by atoms with Gasteiger partial charge in [0.1, 0.15) is 11.9 Å². The highest BCUT2D eigenvalue weighted by atomic mass is 19.1. The van der Waals surface area contributed by atoms with E-state index >= 15 is 0 Å². The average Bonchev–Trinajstić information content (AvgIpc) is 3.00. The van der Waals surface area contributed by atoms with Crippen molar-refractivity contribution in [1.29, 1.82) is 5.26 Å². The molecule has 18 heavy (non-hydrogen) atoms. The molecule has 0 aliphatic heterocycles. The number of allylic oxidation sites excluding steroid dienone is 2. The zero-order valence-corrected chi connectivity index (χ0v) is 10.1. The molecule has 2 aliphatic carbocycles. The minimum Gasteiger partial charge on any atom is -0.385 e. The van der Waals surface area contributed by atoms with Crippen LogP contribution in [-0.2, 0) is 0 Å². The maximum atomic E-state index is 13.2. The number of rotatable bonds is 3. The zero-order chi connectivity index (χ0) is 12.5. The van der Waals surface area contributed by atoms with Gasteiger partial charge in [-0.3, -0.25) is 0 Å². The molecular formula is C15H15FN2. The lowest BCUT2D eigenvalue weighted by Gasteiger charge is -2.19. The van der Waals surface area contributed by atoms with Gasteiger partial charge in [-0.2, -0.15) is 5.26 Å². The van der Waals surface area contributed by atoms with Gasteiger partial charge in [-0.05, 0) is 48.8 Å². The van der Waals surface area contributed by atoms with Crippen LogP contribution in [0.15, 0.2) is 30.4 Å². The van der Waals surface area contributed by atoms with Gasteiger partial charge in [-0.1, -0.05) is 12.2 Å². The van der Waals surface area contributed by atoms with E-state index < -0.39 is 5.82 Å². The number of nitrogens with one attached hydrogen (secondary N) is 1. The molecule has 2 nitrogen and oxygen atoms in total. The summed E-state index contributed by atoms with van der Waals surface area (Å²) in [5, 5.41) is 12.1. The maximum Gasteiger partial charge on any atom is 0.141 e. The first-order chi connectivity index (χ1) is 8.76. The first kappa shape index (κ1) is 11.3. The van der Waals surface area contributed by atoms with Gasteiger partial charge in [-0.15, -0.1) is 0 Å². The Morgan fingerprint density at radius 1 is 1.33 bits per heavy atom. The van der Waals surface area contributed by atoms with Crippen molar-refractivity contribution in [3.05, 3.63) is 41.7 Å². The predicted molar refractivity (Wildman–Crippen MR) is 68.4 cm³/mol. The van der Waals surface area contributed by atoms with E-state index in [9.17, 15) is 4.39 Å². The van der Waals surface area contributed by atoms with Gasteiger partial charge in [0.2, 0.25) is 0 Å². The lowest BCUT2D eigenvalue weighted by atomic mass is 9.93. The summed E-state index contributed by atoms with van der Waals surface area (Å²) < 4.78 is 13.2. The van der Waals surface area contributed by atoms with Crippen LogP contribution in [0.4, 0.5) is 10.1 Å². The van der Waals surface area contributed by atoms with Crippen LogP contribution in [0.2, 0.25) is 0 Å². The van der Waals surface area contributed by atoms with E-state index in [1.54, 1.807) is 12.1 Å². The lowest BCUT2D eigenvalue weighted by Crippen LogP contribution is -2.18. The van der Waals surface area contributed by atoms with Crippen LogP contribution in [-0.4, -0.2) is 6.54 Å². The van der Waals surface area contributed by atoms with Crippen LogP contribution in [0.3, 0.4) is 0 Å². The number of halogens is 1. The summed E-state index contributed by atoms with van der Waals surface area (Å²) in [6, 6.07) is 6.49. The van der Waals surface area contributed by atoms with Crippen molar-refractivity contribution < 1.29 is 4.39 Å². The molecule has 3 rings (SSSR count). The quantitative estimate of drug-likeness (QED) is 0.825. The fourth-order valence-electron chi connectivity index (χ4n) is 3.10. The molecule has 1 aromatic carbocycles. The highest BCUT2D eigenvalue weighted by molar-refractivity contribution is 5.49. The van der Waals surface area contributed by atoms with Crippen LogP contribution in [0.1, 0.15) is 18.4 Å². The van der Waals surface area contributed by atoms with Crippen LogP contribution >= 0.6 is 0 Å². The Labute approximate surface area is 106 Å². The van der Waals surface area contributed by atoms with Gasteiger partial charge >= 0.3 is 0 Å². The van der Waals surface area contributed by atoms with Crippen LogP contribution in [0.25, 0.3) is 0 Å². The van der Waals surface area contributed by atoms with Crippen molar-refractivity contribution in [3.63, 3.8) is 0 Å². The van der Waals surface area contributed by atoms with E-state index in [1.165, 1.54) is 18.9 Å². The summed E-state index contributed by atoms with van der Waals surface area (Å²) in [4.78, 5) is 0. The highest BCUT2D eigenvalue weighted by Crippen LogP contribution is 2.43. The third-order valence-electron chi connectivity index (χ3n) is 4.07. The Hall–Kier alpha value is -1.82. The molecule has 2 aliphatic rings. The first-order valence-corrected chi connectivity index (χ1v) is 6.38. The van der Waals surface area contributed by atoms with E-state index in [4.69, 9.17) is 5.26 Å². The highest BCUT2D eigenvalue weighted by Gasteiger charge is 2.35. The number of hydrogen-bond acceptors (Lipinski definition) is 2. The molecular weight excluding hydrogens is 227 g/mol. The molecule has 3 unspecified atom stereocenters. The lowest BCUT2D eigenvalue weighted by molar-refractivity contribution is 0.472. The van der Waals surface area contributed by atoms with Crippen molar-refractivity contribution in [2.75, 3.05) is 11.9 Å². The van der Waals surface area contributed by atoms with Crippen LogP contribution in [0.5, 0.6) is 0 Å². The second kappa shape index (κ2) is 4.45. The summed E-state index contributed by atoms with van der Waals surface area (Å²) in [7, 11) is 0. The Kier molecular flexibility index (Phi) is 2.79. The minimum atomic E-state index is -0.453. The number of nitriles is 1. The molecule has 1 aromatic rings. The molecule has 1 saturated carbocycles. The fourth-order valence-corrected chi connectivity index (χ4v) is 3.10. The van der Waals surface area contributed by atoms with Gasteiger partial charge in [0, 0.05) is 12.2 Å². The average molecular weight is 242 g/mol. The summed E-state index contributed by atoms with van der Waals surface area (Å²) >= 11 is 0. The van der Waals surface area contributed by atoms with Gasteiger partial charge in [0.15, 0.2) is 0 Å². The number of fused-ring (bicyclic) bond motifs is 2. The second-order valence-electron chi connectivity index (χ2n) is 5.23. The van der Waals surface area contributed by atoms with Crippen molar-refractivity contribution in [2.24, 2.45) is 17.8 Å². The zero-order valence-electron chi connectivity index (χ0n) is 10.1. The molecule has 3 atom stereocenters. The fraction of sp³-hybridized carbons (Fsp3) is 0.400. The standard InChI is InChI=1S/C15H15FN2/c16-15-4-3-14(7-12(15)8-17)18-9-13-6-10-1-2-11(13)5-10/h1-4,7,10-11,13,18H,5-6,9H2. The SMILES string of the molecule is N#Cc1cc(NCC2CC3C=CC2C3)ccc1F. The van der Waals surface area contributed by atoms with Crippen LogP contribution < -0.4 is 5.32 Å². The van der Waals surface area contributed by atoms with Gasteiger partial charge in [-0.25, -0.2) is 4.39 Å². The summed E-state index contributed by atoms with van der Waals surface area (Å²) in [6.07, 6.45) is 7.19. The Bertz CT molecular complexity index is 530. The summed E-state index contributed by atoms with van der Waals surface area (Å²) in [6.45, 7) is 0.905. The van der Waals surface area contributed by atoms with Gasteiger partial charge < -0.3 is 5.32 Å². The van der Waals surface area contributed by atoms with Crippen molar-refractivity contribution >= 4 is 5.69 Å². The molecule has 92 valence electrons. The molecule has 1 fully saturated rings. The Morgan fingerprint density at radius 3 is 2.89 bits per heavy atom. The van der Waals surface area contributed by atoms with E-state index in [0.29, 0.717) is 11.8 Å². The first-order valence-electron chi connectivity index (χ1n) is 6.38. The normalized spacial score (nSPS) is 28.3. The molecule has 0 radical (unpaired) electrons. The molecule has 0 aromatic heterocycles. The summed E-state index contributed by atoms with van der Waals surface area (Å²) in [5.41, 5.74) is 0.938. The molecule has 0 amide bonds. The monoisotopic (exact) mass is 242 g/mol. The van der Waals surface area contributed by atoms with E-state index in [1.807, 2.05) is 6.07 Å². The number of anilines is 1. The molecule has 0 spiro atoms. The van der Waals surface area contributed by atoms with Gasteiger partial charge in [0.05, 0.1) is 5.56 Å². The van der Waals surface area contributed by atoms with Crippen LogP contribution in [0, 0.1) is 34.9 Å². The van der Waals surface area contributed by atoms with Crippen molar-refractivity contribution in [3.8, 4) is 6.07 Å². The minimum absolute atomic E-state index is 0.104. The largest absolute Gasteiger partial charge is 0.385 e. The number of hydrogen-bond donors (Lipinski definition) is 1.